The van der Waals surface area contributed by atoms with Crippen LogP contribution in [-0.4, -0.2) is 35.8 Å². The third-order valence-corrected chi connectivity index (χ3v) is 2.25. The predicted octanol–water partition coefficient (Wildman–Crippen LogP) is 1.38. The van der Waals surface area contributed by atoms with E-state index in [2.05, 4.69) is 0 Å². The van der Waals surface area contributed by atoms with E-state index in [1.54, 1.807) is 6.07 Å². The van der Waals surface area contributed by atoms with Crippen LogP contribution in [0.2, 0.25) is 0 Å². The van der Waals surface area contributed by atoms with Crippen molar-refractivity contribution in [2.24, 2.45) is 0 Å². The van der Waals surface area contributed by atoms with Gasteiger partial charge in [-0.3, -0.25) is 0 Å². The topological polar surface area (TPSA) is 43.7 Å². The van der Waals surface area contributed by atoms with Crippen LogP contribution in [-0.2, 0) is 13.0 Å². The average Bonchev–Trinajstić information content (AvgIpc) is 2.18. The molecule has 0 atom stereocenters. The SMILES string of the molecule is CN(C)Cc1cc(CCCO)ccc1O. The van der Waals surface area contributed by atoms with E-state index in [1.807, 2.05) is 31.1 Å². The molecule has 2 N–H and O–H groups in total. The van der Waals surface area contributed by atoms with E-state index in [0.29, 0.717) is 5.75 Å². The third-order valence-electron chi connectivity index (χ3n) is 2.25. The quantitative estimate of drug-likeness (QED) is 0.770. The Morgan fingerprint density at radius 1 is 1.27 bits per heavy atom. The van der Waals surface area contributed by atoms with Crippen LogP contribution >= 0.6 is 0 Å². The van der Waals surface area contributed by atoms with Crippen LogP contribution in [0.5, 0.6) is 5.75 Å². The summed E-state index contributed by atoms with van der Waals surface area (Å²) < 4.78 is 0. The Balaban J connectivity index is 2.75. The third kappa shape index (κ3) is 3.90. The Morgan fingerprint density at radius 3 is 2.60 bits per heavy atom. The number of phenols is 1. The smallest absolute Gasteiger partial charge is 0.120 e. The molecule has 0 unspecified atom stereocenters. The first-order valence-corrected chi connectivity index (χ1v) is 5.20. The Morgan fingerprint density at radius 2 is 2.00 bits per heavy atom. The van der Waals surface area contributed by atoms with Crippen molar-refractivity contribution >= 4 is 0 Å². The normalized spacial score (nSPS) is 10.9. The minimum Gasteiger partial charge on any atom is -0.508 e. The molecule has 0 radical (unpaired) electrons. The number of aromatic hydroxyl groups is 1. The monoisotopic (exact) mass is 209 g/mol. The lowest BCUT2D eigenvalue weighted by Crippen LogP contribution is -2.11. The number of aryl methyl sites for hydroxylation is 1. The van der Waals surface area contributed by atoms with Crippen LogP contribution < -0.4 is 0 Å². The minimum atomic E-state index is 0.212. The summed E-state index contributed by atoms with van der Waals surface area (Å²) in [6, 6.07) is 5.64. The average molecular weight is 209 g/mol. The molecule has 0 saturated heterocycles. The number of hydrogen-bond acceptors (Lipinski definition) is 3. The number of aliphatic hydroxyl groups is 1. The first-order chi connectivity index (χ1) is 7.13. The molecule has 0 aromatic heterocycles. The lowest BCUT2D eigenvalue weighted by Gasteiger charge is -2.12. The van der Waals surface area contributed by atoms with Gasteiger partial charge in [0.2, 0.25) is 0 Å². The van der Waals surface area contributed by atoms with Gasteiger partial charge in [-0.25, -0.2) is 0 Å². The van der Waals surface area contributed by atoms with Gasteiger partial charge in [0.15, 0.2) is 0 Å². The molecular formula is C12H19NO2. The Bertz CT molecular complexity index is 310. The molecule has 15 heavy (non-hydrogen) atoms. The van der Waals surface area contributed by atoms with Crippen LogP contribution in [0.3, 0.4) is 0 Å². The van der Waals surface area contributed by atoms with E-state index in [-0.39, 0.29) is 6.61 Å². The highest BCUT2D eigenvalue weighted by atomic mass is 16.3. The van der Waals surface area contributed by atoms with Gasteiger partial charge in [0.1, 0.15) is 5.75 Å². The van der Waals surface area contributed by atoms with E-state index < -0.39 is 0 Å². The summed E-state index contributed by atoms with van der Waals surface area (Å²) in [5.74, 6) is 0.344. The van der Waals surface area contributed by atoms with E-state index in [4.69, 9.17) is 5.11 Å². The highest BCUT2D eigenvalue weighted by molar-refractivity contribution is 5.36. The van der Waals surface area contributed by atoms with E-state index in [0.717, 1.165) is 24.9 Å². The van der Waals surface area contributed by atoms with Gasteiger partial charge in [0.05, 0.1) is 0 Å². The zero-order valence-corrected chi connectivity index (χ0v) is 9.40. The van der Waals surface area contributed by atoms with Crippen LogP contribution in [0.1, 0.15) is 17.5 Å². The Labute approximate surface area is 91.0 Å². The molecule has 3 heteroatoms. The molecule has 0 bridgehead atoms. The second-order valence-electron chi connectivity index (χ2n) is 4.03. The number of phenolic OH excluding ortho intramolecular Hbond substituents is 1. The summed E-state index contributed by atoms with van der Waals surface area (Å²) in [7, 11) is 3.94. The van der Waals surface area contributed by atoms with Crippen LogP contribution in [0, 0.1) is 0 Å². The summed E-state index contributed by atoms with van der Waals surface area (Å²) >= 11 is 0. The van der Waals surface area contributed by atoms with Gasteiger partial charge in [-0.15, -0.1) is 0 Å². The molecular weight excluding hydrogens is 190 g/mol. The van der Waals surface area contributed by atoms with Gasteiger partial charge in [0.25, 0.3) is 0 Å². The highest BCUT2D eigenvalue weighted by Crippen LogP contribution is 2.20. The fourth-order valence-corrected chi connectivity index (χ4v) is 1.54. The Hall–Kier alpha value is -1.06. The van der Waals surface area contributed by atoms with E-state index >= 15 is 0 Å². The number of benzene rings is 1. The van der Waals surface area contributed by atoms with Gasteiger partial charge >= 0.3 is 0 Å². The van der Waals surface area contributed by atoms with Crippen LogP contribution in [0.4, 0.5) is 0 Å². The molecule has 0 heterocycles. The van der Waals surface area contributed by atoms with Crippen molar-refractivity contribution < 1.29 is 10.2 Å². The fraction of sp³-hybridized carbons (Fsp3) is 0.500. The number of rotatable bonds is 5. The lowest BCUT2D eigenvalue weighted by atomic mass is 10.1. The maximum Gasteiger partial charge on any atom is 0.120 e. The zero-order valence-electron chi connectivity index (χ0n) is 9.40. The van der Waals surface area contributed by atoms with Crippen molar-refractivity contribution in [3.05, 3.63) is 29.3 Å². The van der Waals surface area contributed by atoms with Crippen molar-refractivity contribution in [1.29, 1.82) is 0 Å². The molecule has 1 aromatic rings. The Kier molecular flexibility index (Phi) is 4.59. The van der Waals surface area contributed by atoms with Gasteiger partial charge < -0.3 is 15.1 Å². The molecule has 0 saturated carbocycles. The predicted molar refractivity (Wildman–Crippen MR) is 60.9 cm³/mol. The number of aliphatic hydroxyl groups excluding tert-OH is 1. The van der Waals surface area contributed by atoms with E-state index in [1.165, 1.54) is 5.56 Å². The number of hydrogen-bond donors (Lipinski definition) is 2. The van der Waals surface area contributed by atoms with Crippen molar-refractivity contribution in [3.8, 4) is 5.75 Å². The van der Waals surface area contributed by atoms with Crippen molar-refractivity contribution in [2.75, 3.05) is 20.7 Å². The van der Waals surface area contributed by atoms with Crippen molar-refractivity contribution in [2.45, 2.75) is 19.4 Å². The summed E-state index contributed by atoms with van der Waals surface area (Å²) in [5.41, 5.74) is 2.11. The van der Waals surface area contributed by atoms with Crippen LogP contribution in [0.15, 0.2) is 18.2 Å². The van der Waals surface area contributed by atoms with Gasteiger partial charge in [-0.05, 0) is 38.6 Å². The molecule has 0 fully saturated rings. The molecule has 0 amide bonds. The first-order valence-electron chi connectivity index (χ1n) is 5.20. The molecule has 1 aromatic carbocycles. The standard InChI is InChI=1S/C12H19NO2/c1-13(2)9-11-8-10(4-3-7-14)5-6-12(11)15/h5-6,8,14-15H,3-4,7,9H2,1-2H3. The zero-order chi connectivity index (χ0) is 11.3. The lowest BCUT2D eigenvalue weighted by molar-refractivity contribution is 0.288. The van der Waals surface area contributed by atoms with Crippen molar-refractivity contribution in [1.82, 2.24) is 4.90 Å². The molecule has 0 aliphatic carbocycles. The maximum absolute atomic E-state index is 9.63. The molecule has 0 aliphatic heterocycles. The van der Waals surface area contributed by atoms with Crippen molar-refractivity contribution in [3.63, 3.8) is 0 Å². The minimum absolute atomic E-state index is 0.212. The van der Waals surface area contributed by atoms with Gasteiger partial charge in [0, 0.05) is 18.7 Å². The molecule has 3 nitrogen and oxygen atoms in total. The second kappa shape index (κ2) is 5.73. The van der Waals surface area contributed by atoms with E-state index in [9.17, 15) is 5.11 Å². The maximum atomic E-state index is 9.63. The fourth-order valence-electron chi connectivity index (χ4n) is 1.54. The molecule has 0 aliphatic rings. The number of nitrogens with zero attached hydrogens (tertiary/aromatic N) is 1. The van der Waals surface area contributed by atoms with Gasteiger partial charge in [-0.2, -0.15) is 0 Å². The molecule has 1 rings (SSSR count). The van der Waals surface area contributed by atoms with Crippen LogP contribution in [0.25, 0.3) is 0 Å². The summed E-state index contributed by atoms with van der Waals surface area (Å²) in [6.07, 6.45) is 1.63. The highest BCUT2D eigenvalue weighted by Gasteiger charge is 2.03. The molecule has 84 valence electrons. The van der Waals surface area contributed by atoms with Gasteiger partial charge in [-0.1, -0.05) is 12.1 Å². The largest absolute Gasteiger partial charge is 0.508 e. The summed E-state index contributed by atoms with van der Waals surface area (Å²) in [4.78, 5) is 2.02. The first kappa shape index (κ1) is 12.0. The summed E-state index contributed by atoms with van der Waals surface area (Å²) in [6.45, 7) is 0.947. The molecule has 0 spiro atoms. The second-order valence-corrected chi connectivity index (χ2v) is 4.03. The summed E-state index contributed by atoms with van der Waals surface area (Å²) in [5, 5.41) is 18.4.